The van der Waals surface area contributed by atoms with Crippen LogP contribution in [0.5, 0.6) is 0 Å². The number of ether oxygens (including phenoxy) is 1. The molecule has 0 amide bonds. The third-order valence-corrected chi connectivity index (χ3v) is 3.33. The fourth-order valence-electron chi connectivity index (χ4n) is 1.38. The lowest BCUT2D eigenvalue weighted by Gasteiger charge is -2.02. The van der Waals surface area contributed by atoms with E-state index in [-0.39, 0.29) is 12.4 Å². The van der Waals surface area contributed by atoms with E-state index in [2.05, 4.69) is 9.97 Å². The molecule has 84 valence electrons. The zero-order valence-electron chi connectivity index (χ0n) is 8.57. The van der Waals surface area contributed by atoms with Crippen molar-refractivity contribution >= 4 is 39.1 Å². The van der Waals surface area contributed by atoms with E-state index in [9.17, 15) is 4.79 Å². The number of nitrogens with zero attached hydrogens (tertiary/aromatic N) is 2. The maximum atomic E-state index is 11.4. The number of rotatable bonds is 3. The second kappa shape index (κ2) is 4.76. The normalized spacial score (nSPS) is 10.6. The number of carbonyl (C=O) groups excluding carboxylic acids is 1. The van der Waals surface area contributed by atoms with Crippen molar-refractivity contribution in [1.82, 2.24) is 9.97 Å². The minimum absolute atomic E-state index is 0.128. The lowest BCUT2D eigenvalue weighted by molar-refractivity contribution is -0.142. The Morgan fingerprint density at radius 3 is 3.12 bits per heavy atom. The minimum atomic E-state index is -0.301. The van der Waals surface area contributed by atoms with E-state index in [0.29, 0.717) is 17.3 Å². The molecule has 2 aromatic rings. The van der Waals surface area contributed by atoms with Gasteiger partial charge in [0.05, 0.1) is 29.1 Å². The summed E-state index contributed by atoms with van der Waals surface area (Å²) in [6, 6.07) is 0. The second-order valence-electron chi connectivity index (χ2n) is 3.07. The lowest BCUT2D eigenvalue weighted by Crippen LogP contribution is -2.09. The predicted octanol–water partition coefficient (Wildman–Crippen LogP) is 2.45. The summed E-state index contributed by atoms with van der Waals surface area (Å²) in [6.45, 7) is 2.13. The topological polar surface area (TPSA) is 52.1 Å². The largest absolute Gasteiger partial charge is 0.466 e. The smallest absolute Gasteiger partial charge is 0.311 e. The molecule has 0 aromatic carbocycles. The van der Waals surface area contributed by atoms with Crippen LogP contribution in [-0.4, -0.2) is 22.5 Å². The summed E-state index contributed by atoms with van der Waals surface area (Å²) in [6.07, 6.45) is 1.56. The molecule has 0 saturated carbocycles. The molecule has 0 aliphatic rings. The second-order valence-corrected chi connectivity index (χ2v) is 4.33. The maximum Gasteiger partial charge on any atom is 0.311 e. The Morgan fingerprint density at radius 1 is 1.56 bits per heavy atom. The quantitative estimate of drug-likeness (QED) is 0.792. The molecule has 2 aromatic heterocycles. The molecule has 4 nitrogen and oxygen atoms in total. The molecule has 0 aliphatic heterocycles. The number of fused-ring (bicyclic) bond motifs is 1. The highest BCUT2D eigenvalue weighted by Gasteiger charge is 2.13. The Bertz CT molecular complexity index is 527. The van der Waals surface area contributed by atoms with Gasteiger partial charge in [0.25, 0.3) is 0 Å². The molecule has 0 unspecified atom stereocenters. The van der Waals surface area contributed by atoms with Crippen molar-refractivity contribution in [3.8, 4) is 0 Å². The highest BCUT2D eigenvalue weighted by molar-refractivity contribution is 7.17. The number of halogens is 1. The van der Waals surface area contributed by atoms with E-state index in [1.807, 2.05) is 0 Å². The number of hydrogen-bond donors (Lipinski definition) is 0. The first kappa shape index (κ1) is 11.3. The molecule has 0 saturated heterocycles. The van der Waals surface area contributed by atoms with Gasteiger partial charge in [0.1, 0.15) is 11.2 Å². The van der Waals surface area contributed by atoms with Crippen molar-refractivity contribution in [2.24, 2.45) is 0 Å². The predicted molar refractivity (Wildman–Crippen MR) is 62.8 cm³/mol. The van der Waals surface area contributed by atoms with Crippen molar-refractivity contribution in [3.63, 3.8) is 0 Å². The van der Waals surface area contributed by atoms with Crippen molar-refractivity contribution in [3.05, 3.63) is 22.4 Å². The Balaban J connectivity index is 2.36. The van der Waals surface area contributed by atoms with Crippen LogP contribution in [0, 0.1) is 0 Å². The summed E-state index contributed by atoms with van der Waals surface area (Å²) in [4.78, 5) is 20.3. The maximum absolute atomic E-state index is 11.4. The zero-order chi connectivity index (χ0) is 11.5. The van der Waals surface area contributed by atoms with E-state index >= 15 is 0 Å². The first-order valence-electron chi connectivity index (χ1n) is 4.74. The van der Waals surface area contributed by atoms with Crippen LogP contribution in [0.15, 0.2) is 11.7 Å². The van der Waals surface area contributed by atoms with Gasteiger partial charge in [-0.1, -0.05) is 11.6 Å². The van der Waals surface area contributed by atoms with Gasteiger partial charge in [-0.05, 0) is 6.92 Å². The Labute approximate surface area is 101 Å². The molecule has 16 heavy (non-hydrogen) atoms. The van der Waals surface area contributed by atoms with E-state index in [1.54, 1.807) is 12.3 Å². The third-order valence-electron chi connectivity index (χ3n) is 2.02. The van der Waals surface area contributed by atoms with Crippen LogP contribution in [0.4, 0.5) is 0 Å². The van der Waals surface area contributed by atoms with Gasteiger partial charge < -0.3 is 4.74 Å². The van der Waals surface area contributed by atoms with Crippen LogP contribution in [0.3, 0.4) is 0 Å². The number of thiophene rings is 1. The SMILES string of the molecule is CCOC(=O)Cc1ncnc2scc(Cl)c12. The van der Waals surface area contributed by atoms with Crippen LogP contribution in [0.2, 0.25) is 5.02 Å². The molecule has 0 radical (unpaired) electrons. The average Bonchev–Trinajstić information content (AvgIpc) is 2.62. The van der Waals surface area contributed by atoms with Gasteiger partial charge in [-0.3, -0.25) is 4.79 Å². The number of carbonyl (C=O) groups is 1. The fourth-order valence-corrected chi connectivity index (χ4v) is 2.56. The van der Waals surface area contributed by atoms with Gasteiger partial charge in [0, 0.05) is 5.38 Å². The van der Waals surface area contributed by atoms with Gasteiger partial charge in [0.15, 0.2) is 0 Å². The molecule has 2 rings (SSSR count). The number of aromatic nitrogens is 2. The summed E-state index contributed by atoms with van der Waals surface area (Å²) < 4.78 is 4.87. The van der Waals surface area contributed by atoms with Crippen LogP contribution in [0.1, 0.15) is 12.6 Å². The summed E-state index contributed by atoms with van der Waals surface area (Å²) in [5.74, 6) is -0.301. The molecule has 0 spiro atoms. The molecule has 2 heterocycles. The number of esters is 1. The van der Waals surface area contributed by atoms with Crippen molar-refractivity contribution in [2.45, 2.75) is 13.3 Å². The molecule has 0 atom stereocenters. The highest BCUT2D eigenvalue weighted by atomic mass is 35.5. The Morgan fingerprint density at radius 2 is 2.38 bits per heavy atom. The van der Waals surface area contributed by atoms with Crippen LogP contribution in [-0.2, 0) is 16.0 Å². The molecular weight excluding hydrogens is 248 g/mol. The Kier molecular flexibility index (Phi) is 3.36. The van der Waals surface area contributed by atoms with Crippen LogP contribution >= 0.6 is 22.9 Å². The summed E-state index contributed by atoms with van der Waals surface area (Å²) in [5.41, 5.74) is 0.620. The minimum Gasteiger partial charge on any atom is -0.466 e. The van der Waals surface area contributed by atoms with Gasteiger partial charge in [-0.15, -0.1) is 11.3 Å². The van der Waals surface area contributed by atoms with E-state index < -0.39 is 0 Å². The van der Waals surface area contributed by atoms with Crippen molar-refractivity contribution in [2.75, 3.05) is 6.61 Å². The van der Waals surface area contributed by atoms with Gasteiger partial charge in [-0.2, -0.15) is 0 Å². The van der Waals surface area contributed by atoms with Crippen LogP contribution in [0.25, 0.3) is 10.2 Å². The lowest BCUT2D eigenvalue weighted by atomic mass is 10.2. The van der Waals surface area contributed by atoms with Crippen molar-refractivity contribution < 1.29 is 9.53 Å². The monoisotopic (exact) mass is 256 g/mol. The molecule has 0 aliphatic carbocycles. The summed E-state index contributed by atoms with van der Waals surface area (Å²) in [7, 11) is 0. The zero-order valence-corrected chi connectivity index (χ0v) is 10.1. The van der Waals surface area contributed by atoms with Gasteiger partial charge in [-0.25, -0.2) is 9.97 Å². The Hall–Kier alpha value is -1.20. The third kappa shape index (κ3) is 2.15. The van der Waals surface area contributed by atoms with E-state index in [4.69, 9.17) is 16.3 Å². The van der Waals surface area contributed by atoms with Gasteiger partial charge in [0.2, 0.25) is 0 Å². The average molecular weight is 257 g/mol. The van der Waals surface area contributed by atoms with Crippen molar-refractivity contribution in [1.29, 1.82) is 0 Å². The fraction of sp³-hybridized carbons (Fsp3) is 0.300. The molecular formula is C10H9ClN2O2S. The highest BCUT2D eigenvalue weighted by Crippen LogP contribution is 2.30. The molecule has 6 heteroatoms. The molecule has 0 bridgehead atoms. The van der Waals surface area contributed by atoms with Gasteiger partial charge >= 0.3 is 5.97 Å². The standard InChI is InChI=1S/C10H9ClN2O2S/c1-2-15-8(14)3-7-9-6(11)4-16-10(9)13-5-12-7/h4-5H,2-3H2,1H3. The number of hydrogen-bond acceptors (Lipinski definition) is 5. The first-order chi connectivity index (χ1) is 7.72. The first-order valence-corrected chi connectivity index (χ1v) is 6.00. The summed E-state index contributed by atoms with van der Waals surface area (Å²) >= 11 is 7.45. The molecule has 0 fully saturated rings. The van der Waals surface area contributed by atoms with Crippen LogP contribution < -0.4 is 0 Å². The van der Waals surface area contributed by atoms with E-state index in [0.717, 1.165) is 10.2 Å². The summed E-state index contributed by atoms with van der Waals surface area (Å²) in [5, 5.41) is 3.12. The van der Waals surface area contributed by atoms with E-state index in [1.165, 1.54) is 17.7 Å². The molecule has 0 N–H and O–H groups in total.